The van der Waals surface area contributed by atoms with Gasteiger partial charge in [-0.3, -0.25) is 9.69 Å². The summed E-state index contributed by atoms with van der Waals surface area (Å²) in [4.78, 5) is 16.7. The van der Waals surface area contributed by atoms with Crippen LogP contribution in [-0.2, 0) is 17.9 Å². The first-order valence-corrected chi connectivity index (χ1v) is 9.99. The number of nitrogens with zero attached hydrogens (tertiary/aromatic N) is 5. The lowest BCUT2D eigenvalue weighted by Gasteiger charge is -2.32. The summed E-state index contributed by atoms with van der Waals surface area (Å²) in [6, 6.07) is 4.56. The largest absolute Gasteiger partial charge is 0.353 e. The highest BCUT2D eigenvalue weighted by Crippen LogP contribution is 2.25. The molecule has 2 aliphatic rings. The van der Waals surface area contributed by atoms with Crippen LogP contribution in [0.25, 0.3) is 0 Å². The summed E-state index contributed by atoms with van der Waals surface area (Å²) in [5.74, 6) is 0.612. The molecule has 0 aliphatic carbocycles. The van der Waals surface area contributed by atoms with Crippen molar-refractivity contribution in [2.45, 2.75) is 57.2 Å². The molecule has 1 fully saturated rings. The van der Waals surface area contributed by atoms with Gasteiger partial charge in [0.2, 0.25) is 5.91 Å². The molecule has 1 saturated heterocycles. The molecule has 0 radical (unpaired) electrons. The Hall–Kier alpha value is -1.80. The summed E-state index contributed by atoms with van der Waals surface area (Å²) in [7, 11) is 0. The second-order valence-corrected chi connectivity index (χ2v) is 7.98. The average molecular weight is 360 g/mol. The summed E-state index contributed by atoms with van der Waals surface area (Å²) >= 11 is 1.81. The molecule has 1 amide bonds. The van der Waals surface area contributed by atoms with E-state index in [1.165, 1.54) is 4.88 Å². The molecule has 0 saturated carbocycles. The second kappa shape index (κ2) is 7.61. The van der Waals surface area contributed by atoms with Crippen molar-refractivity contribution in [1.82, 2.24) is 30.4 Å². The molecule has 0 aromatic carbocycles. The van der Waals surface area contributed by atoms with Crippen LogP contribution in [0.15, 0.2) is 17.5 Å². The van der Waals surface area contributed by atoms with E-state index in [1.807, 2.05) is 11.3 Å². The van der Waals surface area contributed by atoms with Gasteiger partial charge in [-0.15, -0.1) is 16.4 Å². The van der Waals surface area contributed by atoms with E-state index in [1.54, 1.807) is 4.68 Å². The third-order valence-electron chi connectivity index (χ3n) is 5.19. The SMILES string of the molecule is O=C(NC1CCN(Cc2cccs2)CC1)C1CCCCn2nnnc21. The van der Waals surface area contributed by atoms with Crippen LogP contribution >= 0.6 is 11.3 Å². The number of carbonyl (C=O) groups is 1. The van der Waals surface area contributed by atoms with Crippen LogP contribution in [0.4, 0.5) is 0 Å². The van der Waals surface area contributed by atoms with Gasteiger partial charge in [-0.2, -0.15) is 0 Å². The number of aromatic nitrogens is 4. The van der Waals surface area contributed by atoms with Crippen molar-refractivity contribution < 1.29 is 4.79 Å². The zero-order valence-corrected chi connectivity index (χ0v) is 15.1. The third kappa shape index (κ3) is 3.90. The van der Waals surface area contributed by atoms with E-state index in [2.05, 4.69) is 43.3 Å². The Morgan fingerprint density at radius 1 is 1.24 bits per heavy atom. The standard InChI is InChI=1S/C17H24N6OS/c24-17(15-5-1-2-8-23-16(15)19-20-21-23)18-13-6-9-22(10-7-13)12-14-4-3-11-25-14/h3-4,11,13,15H,1-2,5-10,12H2,(H,18,24). The van der Waals surface area contributed by atoms with Gasteiger partial charge >= 0.3 is 0 Å². The number of carbonyl (C=O) groups excluding carboxylic acids is 1. The number of fused-ring (bicyclic) bond motifs is 1. The minimum atomic E-state index is -0.207. The van der Waals surface area contributed by atoms with E-state index >= 15 is 0 Å². The highest BCUT2D eigenvalue weighted by molar-refractivity contribution is 7.09. The third-order valence-corrected chi connectivity index (χ3v) is 6.06. The fraction of sp³-hybridized carbons (Fsp3) is 0.647. The van der Waals surface area contributed by atoms with Crippen molar-refractivity contribution in [3.8, 4) is 0 Å². The Labute approximate surface area is 151 Å². The fourth-order valence-corrected chi connectivity index (χ4v) is 4.51. The van der Waals surface area contributed by atoms with Gasteiger partial charge in [0.1, 0.15) is 0 Å². The van der Waals surface area contributed by atoms with E-state index < -0.39 is 0 Å². The molecule has 7 nitrogen and oxygen atoms in total. The molecule has 1 N–H and O–H groups in total. The topological polar surface area (TPSA) is 75.9 Å². The lowest BCUT2D eigenvalue weighted by Crippen LogP contribution is -2.45. The van der Waals surface area contributed by atoms with Gasteiger partial charge in [-0.1, -0.05) is 12.5 Å². The molecule has 8 heteroatoms. The number of aryl methyl sites for hydroxylation is 1. The number of piperidine rings is 1. The Balaban J connectivity index is 1.30. The molecule has 1 unspecified atom stereocenters. The van der Waals surface area contributed by atoms with E-state index in [0.717, 1.165) is 64.1 Å². The van der Waals surface area contributed by atoms with E-state index in [-0.39, 0.29) is 17.9 Å². The fourth-order valence-electron chi connectivity index (χ4n) is 3.77. The van der Waals surface area contributed by atoms with Gasteiger partial charge in [0, 0.05) is 37.1 Å². The molecule has 25 heavy (non-hydrogen) atoms. The molecule has 0 bridgehead atoms. The van der Waals surface area contributed by atoms with Crippen LogP contribution in [0.3, 0.4) is 0 Å². The van der Waals surface area contributed by atoms with Gasteiger partial charge < -0.3 is 5.32 Å². The summed E-state index contributed by atoms with van der Waals surface area (Å²) in [6.45, 7) is 3.90. The number of hydrogen-bond acceptors (Lipinski definition) is 6. The maximum Gasteiger partial charge on any atom is 0.231 e. The van der Waals surface area contributed by atoms with E-state index in [4.69, 9.17) is 0 Å². The zero-order chi connectivity index (χ0) is 17.1. The van der Waals surface area contributed by atoms with Crippen molar-refractivity contribution in [3.05, 3.63) is 28.2 Å². The number of hydrogen-bond donors (Lipinski definition) is 1. The van der Waals surface area contributed by atoms with Crippen LogP contribution < -0.4 is 5.32 Å². The van der Waals surface area contributed by atoms with Crippen molar-refractivity contribution in [1.29, 1.82) is 0 Å². The van der Waals surface area contributed by atoms with E-state index in [9.17, 15) is 4.79 Å². The van der Waals surface area contributed by atoms with Gasteiger partial charge in [0.15, 0.2) is 5.82 Å². The minimum absolute atomic E-state index is 0.0923. The molecular weight excluding hydrogens is 336 g/mol. The summed E-state index contributed by atoms with van der Waals surface area (Å²) in [5, 5.41) is 17.2. The number of nitrogens with one attached hydrogen (secondary N) is 1. The predicted molar refractivity (Wildman–Crippen MR) is 95.2 cm³/mol. The first kappa shape index (κ1) is 16.7. The minimum Gasteiger partial charge on any atom is -0.353 e. The molecule has 1 atom stereocenters. The smallest absolute Gasteiger partial charge is 0.231 e. The zero-order valence-electron chi connectivity index (χ0n) is 14.3. The molecule has 2 aliphatic heterocycles. The first-order valence-electron chi connectivity index (χ1n) is 9.11. The number of amides is 1. The summed E-state index contributed by atoms with van der Waals surface area (Å²) in [6.07, 6.45) is 4.91. The number of tetrazole rings is 1. The van der Waals surface area contributed by atoms with Crippen LogP contribution in [0.2, 0.25) is 0 Å². The summed E-state index contributed by atoms with van der Waals surface area (Å²) < 4.78 is 1.79. The van der Waals surface area contributed by atoms with Gasteiger partial charge in [0.25, 0.3) is 0 Å². The molecule has 4 rings (SSSR count). The Bertz CT molecular complexity index is 692. The Kier molecular flexibility index (Phi) is 5.07. The average Bonchev–Trinajstić information content (AvgIpc) is 3.25. The maximum absolute atomic E-state index is 12.8. The highest BCUT2D eigenvalue weighted by Gasteiger charge is 2.30. The molecule has 4 heterocycles. The van der Waals surface area contributed by atoms with Gasteiger partial charge in [-0.25, -0.2) is 4.68 Å². The van der Waals surface area contributed by atoms with Crippen molar-refractivity contribution in [2.24, 2.45) is 0 Å². The lowest BCUT2D eigenvalue weighted by molar-refractivity contribution is -0.124. The van der Waals surface area contributed by atoms with Crippen molar-refractivity contribution in [2.75, 3.05) is 13.1 Å². The monoisotopic (exact) mass is 360 g/mol. The van der Waals surface area contributed by atoms with Crippen molar-refractivity contribution in [3.63, 3.8) is 0 Å². The number of rotatable bonds is 4. The molecule has 2 aromatic heterocycles. The lowest BCUT2D eigenvalue weighted by atomic mass is 9.99. The molecule has 2 aromatic rings. The Morgan fingerprint density at radius 2 is 2.12 bits per heavy atom. The first-order chi connectivity index (χ1) is 12.3. The van der Waals surface area contributed by atoms with Crippen LogP contribution in [-0.4, -0.2) is 50.1 Å². The second-order valence-electron chi connectivity index (χ2n) is 6.95. The van der Waals surface area contributed by atoms with Crippen LogP contribution in [0.5, 0.6) is 0 Å². The van der Waals surface area contributed by atoms with Crippen molar-refractivity contribution >= 4 is 17.2 Å². The molecule has 0 spiro atoms. The summed E-state index contributed by atoms with van der Waals surface area (Å²) in [5.41, 5.74) is 0. The number of thiophene rings is 1. The number of likely N-dealkylation sites (tertiary alicyclic amines) is 1. The Morgan fingerprint density at radius 3 is 2.92 bits per heavy atom. The highest BCUT2D eigenvalue weighted by atomic mass is 32.1. The van der Waals surface area contributed by atoms with Crippen LogP contribution in [0, 0.1) is 0 Å². The van der Waals surface area contributed by atoms with Gasteiger partial charge in [0.05, 0.1) is 5.92 Å². The van der Waals surface area contributed by atoms with Crippen LogP contribution in [0.1, 0.15) is 48.7 Å². The van der Waals surface area contributed by atoms with E-state index in [0.29, 0.717) is 0 Å². The normalized spacial score (nSPS) is 22.3. The quantitative estimate of drug-likeness (QED) is 0.899. The molecular formula is C17H24N6OS. The maximum atomic E-state index is 12.8. The molecule has 134 valence electrons. The predicted octanol–water partition coefficient (Wildman–Crippen LogP) is 1.78. The van der Waals surface area contributed by atoms with Gasteiger partial charge in [-0.05, 0) is 47.6 Å².